The SMILES string of the molecule is CO[C@@H]1OC(C(=O)NCCOCCn2nncc2-c2ccc(N)cc2)[C@@H](OC)[C@H](O)[C@@H]1O. The van der Waals surface area contributed by atoms with Crippen LogP contribution >= 0.6 is 0 Å². The smallest absolute Gasteiger partial charge is 0.252 e. The zero-order valence-corrected chi connectivity index (χ0v) is 18.0. The van der Waals surface area contributed by atoms with Crippen LogP contribution in [0.15, 0.2) is 30.5 Å². The summed E-state index contributed by atoms with van der Waals surface area (Å²) in [6.07, 6.45) is -4.30. The molecule has 0 aliphatic carbocycles. The van der Waals surface area contributed by atoms with Crippen molar-refractivity contribution in [3.8, 4) is 11.3 Å². The van der Waals surface area contributed by atoms with Crippen LogP contribution < -0.4 is 11.1 Å². The molecular formula is C20H29N5O7. The lowest BCUT2D eigenvalue weighted by Crippen LogP contribution is -2.62. The maximum Gasteiger partial charge on any atom is 0.252 e. The molecule has 32 heavy (non-hydrogen) atoms. The Kier molecular flexibility index (Phi) is 8.50. The number of aromatic nitrogens is 3. The maximum atomic E-state index is 12.5. The topological polar surface area (TPSA) is 163 Å². The molecule has 0 bridgehead atoms. The van der Waals surface area contributed by atoms with E-state index in [-0.39, 0.29) is 13.2 Å². The summed E-state index contributed by atoms with van der Waals surface area (Å²) in [4.78, 5) is 12.5. The number of hydrogen-bond acceptors (Lipinski definition) is 10. The van der Waals surface area contributed by atoms with E-state index in [1.54, 1.807) is 10.9 Å². The summed E-state index contributed by atoms with van der Waals surface area (Å²) >= 11 is 0. The number of carbonyl (C=O) groups is 1. The second-order valence-electron chi connectivity index (χ2n) is 7.21. The van der Waals surface area contributed by atoms with Gasteiger partial charge in [-0.05, 0) is 12.1 Å². The number of methoxy groups -OCH3 is 2. The first-order valence-electron chi connectivity index (χ1n) is 10.1. The minimum Gasteiger partial charge on any atom is -0.399 e. The predicted molar refractivity (Wildman–Crippen MR) is 112 cm³/mol. The highest BCUT2D eigenvalue weighted by atomic mass is 16.7. The number of rotatable bonds is 10. The summed E-state index contributed by atoms with van der Waals surface area (Å²) in [5.41, 5.74) is 8.19. The molecule has 1 unspecified atom stereocenters. The number of ether oxygens (including phenoxy) is 4. The minimum atomic E-state index is -1.33. The van der Waals surface area contributed by atoms with Crippen LogP contribution in [0, 0.1) is 0 Å². The monoisotopic (exact) mass is 451 g/mol. The van der Waals surface area contributed by atoms with Crippen LogP contribution in [0.5, 0.6) is 0 Å². The van der Waals surface area contributed by atoms with Gasteiger partial charge < -0.3 is 40.2 Å². The van der Waals surface area contributed by atoms with Crippen molar-refractivity contribution in [3.05, 3.63) is 30.5 Å². The summed E-state index contributed by atoms with van der Waals surface area (Å²) in [6.45, 7) is 1.30. The Bertz CT molecular complexity index is 862. The van der Waals surface area contributed by atoms with Crippen LogP contribution in [0.25, 0.3) is 11.3 Å². The van der Waals surface area contributed by atoms with Gasteiger partial charge in [0, 0.05) is 32.0 Å². The quantitative estimate of drug-likeness (QED) is 0.254. The number of carbonyl (C=O) groups excluding carboxylic acids is 1. The first-order chi connectivity index (χ1) is 15.5. The Hall–Kier alpha value is -2.61. The molecule has 1 aromatic heterocycles. The number of aliphatic hydroxyl groups excluding tert-OH is 2. The molecule has 176 valence electrons. The van der Waals surface area contributed by atoms with Crippen LogP contribution in [0.3, 0.4) is 0 Å². The number of nitrogens with two attached hydrogens (primary N) is 1. The van der Waals surface area contributed by atoms with Gasteiger partial charge in [-0.1, -0.05) is 17.3 Å². The molecule has 2 heterocycles. The summed E-state index contributed by atoms with van der Waals surface area (Å²) in [5, 5.41) is 30.8. The molecule has 1 aliphatic heterocycles. The van der Waals surface area contributed by atoms with Gasteiger partial charge in [-0.2, -0.15) is 0 Å². The molecule has 1 aromatic carbocycles. The van der Waals surface area contributed by atoms with E-state index >= 15 is 0 Å². The lowest BCUT2D eigenvalue weighted by atomic mass is 9.98. The minimum absolute atomic E-state index is 0.216. The number of nitrogen functional groups attached to an aromatic ring is 1. The van der Waals surface area contributed by atoms with Gasteiger partial charge in [0.25, 0.3) is 5.91 Å². The fourth-order valence-corrected chi connectivity index (χ4v) is 3.41. The summed E-state index contributed by atoms with van der Waals surface area (Å²) in [5.74, 6) is -0.504. The largest absolute Gasteiger partial charge is 0.399 e. The third-order valence-electron chi connectivity index (χ3n) is 5.12. The van der Waals surface area contributed by atoms with Gasteiger partial charge in [-0.15, -0.1) is 5.10 Å². The molecule has 1 saturated heterocycles. The van der Waals surface area contributed by atoms with E-state index in [0.29, 0.717) is 18.8 Å². The standard InChI is InChI=1S/C20H29N5O7/c1-29-17-15(26)16(27)20(30-2)32-18(17)19(28)22-7-9-31-10-8-25-14(11-23-24-25)12-3-5-13(21)6-4-12/h3-6,11,15-18,20,26-27H,7-10,21H2,1-2H3,(H,22,28)/t15-,16+,17+,18?,20-/m1/s1. The summed E-state index contributed by atoms with van der Waals surface area (Å²) in [7, 11) is 2.63. The molecule has 3 rings (SSSR count). The van der Waals surface area contributed by atoms with Crippen molar-refractivity contribution in [1.29, 1.82) is 0 Å². The van der Waals surface area contributed by atoms with Crippen LogP contribution in [-0.2, 0) is 30.3 Å². The van der Waals surface area contributed by atoms with Gasteiger partial charge in [0.15, 0.2) is 12.4 Å². The molecule has 0 radical (unpaired) electrons. The van der Waals surface area contributed by atoms with E-state index in [2.05, 4.69) is 15.6 Å². The Labute approximate surface area is 185 Å². The Morgan fingerprint density at radius 2 is 1.94 bits per heavy atom. The van der Waals surface area contributed by atoms with Crippen molar-refractivity contribution < 1.29 is 34.0 Å². The highest BCUT2D eigenvalue weighted by molar-refractivity contribution is 5.81. The molecule has 5 N–H and O–H groups in total. The molecule has 0 saturated carbocycles. The average molecular weight is 451 g/mol. The highest BCUT2D eigenvalue weighted by Gasteiger charge is 2.47. The summed E-state index contributed by atoms with van der Waals surface area (Å²) in [6, 6.07) is 7.41. The molecular weight excluding hydrogens is 422 g/mol. The van der Waals surface area contributed by atoms with E-state index in [1.165, 1.54) is 14.2 Å². The van der Waals surface area contributed by atoms with E-state index < -0.39 is 36.6 Å². The van der Waals surface area contributed by atoms with Gasteiger partial charge in [0.1, 0.15) is 18.3 Å². The third kappa shape index (κ3) is 5.59. The van der Waals surface area contributed by atoms with Crippen molar-refractivity contribution in [2.45, 2.75) is 37.3 Å². The van der Waals surface area contributed by atoms with Gasteiger partial charge in [-0.25, -0.2) is 4.68 Å². The van der Waals surface area contributed by atoms with Gasteiger partial charge in [-0.3, -0.25) is 4.79 Å². The molecule has 2 aromatic rings. The number of hydrogen-bond donors (Lipinski definition) is 4. The van der Waals surface area contributed by atoms with Crippen molar-refractivity contribution in [3.63, 3.8) is 0 Å². The normalized spacial score (nSPS) is 25.6. The fourth-order valence-electron chi connectivity index (χ4n) is 3.41. The highest BCUT2D eigenvalue weighted by Crippen LogP contribution is 2.24. The predicted octanol–water partition coefficient (Wildman–Crippen LogP) is -1.23. The molecule has 12 heteroatoms. The zero-order chi connectivity index (χ0) is 23.1. The van der Waals surface area contributed by atoms with Crippen LogP contribution in [0.4, 0.5) is 5.69 Å². The van der Waals surface area contributed by atoms with Gasteiger partial charge in [0.05, 0.1) is 31.6 Å². The Morgan fingerprint density at radius 1 is 1.19 bits per heavy atom. The number of nitrogens with zero attached hydrogens (tertiary/aromatic N) is 3. The fraction of sp³-hybridized carbons (Fsp3) is 0.550. The van der Waals surface area contributed by atoms with E-state index in [0.717, 1.165) is 11.3 Å². The van der Waals surface area contributed by atoms with Crippen molar-refractivity contribution in [1.82, 2.24) is 20.3 Å². The van der Waals surface area contributed by atoms with Crippen LogP contribution in [0.2, 0.25) is 0 Å². The second kappa shape index (κ2) is 11.3. The van der Waals surface area contributed by atoms with Crippen molar-refractivity contribution in [2.24, 2.45) is 0 Å². The molecule has 1 amide bonds. The molecule has 12 nitrogen and oxygen atoms in total. The number of benzene rings is 1. The Balaban J connectivity index is 1.42. The van der Waals surface area contributed by atoms with Crippen molar-refractivity contribution >= 4 is 11.6 Å². The number of anilines is 1. The van der Waals surface area contributed by atoms with E-state index in [1.807, 2.05) is 24.3 Å². The van der Waals surface area contributed by atoms with E-state index in [9.17, 15) is 15.0 Å². The number of aliphatic hydroxyl groups is 2. The molecule has 5 atom stereocenters. The Morgan fingerprint density at radius 3 is 2.62 bits per heavy atom. The molecule has 0 spiro atoms. The van der Waals surface area contributed by atoms with Gasteiger partial charge >= 0.3 is 0 Å². The summed E-state index contributed by atoms with van der Waals surface area (Å²) < 4.78 is 22.8. The number of nitrogens with one attached hydrogen (secondary N) is 1. The first kappa shape index (κ1) is 24.0. The van der Waals surface area contributed by atoms with Crippen LogP contribution in [-0.4, -0.2) is 95.8 Å². The maximum absolute atomic E-state index is 12.5. The lowest BCUT2D eigenvalue weighted by molar-refractivity contribution is -0.287. The zero-order valence-electron chi connectivity index (χ0n) is 18.0. The molecule has 1 fully saturated rings. The van der Waals surface area contributed by atoms with Crippen molar-refractivity contribution in [2.75, 3.05) is 39.7 Å². The van der Waals surface area contributed by atoms with E-state index in [4.69, 9.17) is 24.7 Å². The van der Waals surface area contributed by atoms with Gasteiger partial charge in [0.2, 0.25) is 0 Å². The third-order valence-corrected chi connectivity index (χ3v) is 5.12. The molecule has 1 aliphatic rings. The lowest BCUT2D eigenvalue weighted by Gasteiger charge is -2.40. The van der Waals surface area contributed by atoms with Crippen LogP contribution in [0.1, 0.15) is 0 Å². The first-order valence-corrected chi connectivity index (χ1v) is 10.1. The second-order valence-corrected chi connectivity index (χ2v) is 7.21. The average Bonchev–Trinajstić information content (AvgIpc) is 3.26. The number of amides is 1.